The molecule has 2 aromatic carbocycles. The number of hydrogen-bond acceptors (Lipinski definition) is 5. The zero-order chi connectivity index (χ0) is 17.8. The van der Waals surface area contributed by atoms with Gasteiger partial charge in [-0.05, 0) is 37.7 Å². The number of hydrogen-bond donors (Lipinski definition) is 0. The Labute approximate surface area is 143 Å². The van der Waals surface area contributed by atoms with Crippen molar-refractivity contribution in [3.8, 4) is 0 Å². The van der Waals surface area contributed by atoms with E-state index in [0.717, 1.165) is 5.56 Å². The highest BCUT2D eigenvalue weighted by Crippen LogP contribution is 2.16. The van der Waals surface area contributed by atoms with Gasteiger partial charge < -0.3 is 0 Å². The zero-order valence-corrected chi connectivity index (χ0v) is 15.3. The Morgan fingerprint density at radius 3 is 1.67 bits per heavy atom. The van der Waals surface area contributed by atoms with Gasteiger partial charge in [-0.15, -0.1) is 0 Å². The van der Waals surface area contributed by atoms with E-state index in [4.69, 9.17) is 0 Å². The molecule has 0 bridgehead atoms. The van der Waals surface area contributed by atoms with Gasteiger partial charge in [-0.2, -0.15) is 0 Å². The molecule has 5 nitrogen and oxygen atoms in total. The maximum atomic E-state index is 12.5. The van der Waals surface area contributed by atoms with Crippen LogP contribution in [0.3, 0.4) is 0 Å². The van der Waals surface area contributed by atoms with E-state index in [1.54, 1.807) is 49.4 Å². The average molecular weight is 367 g/mol. The highest BCUT2D eigenvalue weighted by molar-refractivity contribution is 7.92. The second kappa shape index (κ2) is 7.46. The molecule has 2 aromatic rings. The smallest absolute Gasteiger partial charge is 0.191 e. The Morgan fingerprint density at radius 2 is 1.21 bits per heavy atom. The molecule has 0 aromatic heterocycles. The summed E-state index contributed by atoms with van der Waals surface area (Å²) in [5.74, 6) is -0.669. The molecule has 0 saturated carbocycles. The lowest BCUT2D eigenvalue weighted by atomic mass is 10.2. The van der Waals surface area contributed by atoms with Gasteiger partial charge in [0.25, 0.3) is 0 Å². The molecule has 0 aliphatic carbocycles. The number of benzene rings is 2. The van der Waals surface area contributed by atoms with Gasteiger partial charge >= 0.3 is 0 Å². The summed E-state index contributed by atoms with van der Waals surface area (Å²) in [5.41, 5.74) is 0.966. The highest BCUT2D eigenvalue weighted by Gasteiger charge is 2.23. The molecule has 0 unspecified atom stereocenters. The highest BCUT2D eigenvalue weighted by atomic mass is 32.2. The first-order valence-corrected chi connectivity index (χ1v) is 10.8. The monoisotopic (exact) mass is 367 g/mol. The Hall–Kier alpha value is -1.70. The third kappa shape index (κ3) is 4.66. The van der Waals surface area contributed by atoms with E-state index < -0.39 is 19.7 Å². The summed E-state index contributed by atoms with van der Waals surface area (Å²) in [6.07, 6.45) is 0. The third-order valence-corrected chi connectivity index (χ3v) is 7.03. The Kier molecular flexibility index (Phi) is 5.79. The SMILES string of the molecule is CCN(CS(=O)(=O)c1ccccc1)CS(=O)(=O)c1ccc(C)cc1. The van der Waals surface area contributed by atoms with E-state index in [0.29, 0.717) is 6.54 Å². The molecular formula is C17H21NO4S2. The van der Waals surface area contributed by atoms with Crippen LogP contribution in [0.1, 0.15) is 12.5 Å². The van der Waals surface area contributed by atoms with Crippen LogP contribution in [-0.2, 0) is 19.7 Å². The van der Waals surface area contributed by atoms with Crippen LogP contribution in [0.2, 0.25) is 0 Å². The third-order valence-electron chi connectivity index (χ3n) is 3.63. The van der Waals surface area contributed by atoms with Crippen molar-refractivity contribution in [3.05, 3.63) is 60.2 Å². The van der Waals surface area contributed by atoms with Gasteiger partial charge in [-0.25, -0.2) is 16.8 Å². The molecule has 0 atom stereocenters. The van der Waals surface area contributed by atoms with Crippen molar-refractivity contribution < 1.29 is 16.8 Å². The van der Waals surface area contributed by atoms with Crippen LogP contribution in [0.25, 0.3) is 0 Å². The molecule has 0 radical (unpaired) electrons. The standard InChI is InChI=1S/C17H21NO4S2/c1-3-18(13-23(19,20)16-7-5-4-6-8-16)14-24(21,22)17-11-9-15(2)10-12-17/h4-12H,3,13-14H2,1-2H3. The van der Waals surface area contributed by atoms with Gasteiger partial charge in [0.1, 0.15) is 11.8 Å². The Bertz CT molecular complexity index is 874. The predicted molar refractivity (Wildman–Crippen MR) is 94.1 cm³/mol. The van der Waals surface area contributed by atoms with Crippen LogP contribution in [-0.4, -0.2) is 40.0 Å². The maximum absolute atomic E-state index is 12.5. The fourth-order valence-electron chi connectivity index (χ4n) is 2.22. The minimum Gasteiger partial charge on any atom is -0.276 e. The largest absolute Gasteiger partial charge is 0.276 e. The molecule has 2 rings (SSSR count). The van der Waals surface area contributed by atoms with Crippen LogP contribution in [0.15, 0.2) is 64.4 Å². The van der Waals surface area contributed by atoms with Gasteiger partial charge in [-0.1, -0.05) is 42.8 Å². The molecule has 130 valence electrons. The number of aryl methyl sites for hydroxylation is 1. The summed E-state index contributed by atoms with van der Waals surface area (Å²) < 4.78 is 49.9. The van der Waals surface area contributed by atoms with Crippen molar-refractivity contribution in [2.75, 3.05) is 18.3 Å². The van der Waals surface area contributed by atoms with E-state index in [1.165, 1.54) is 17.0 Å². The van der Waals surface area contributed by atoms with E-state index in [1.807, 2.05) is 6.92 Å². The van der Waals surface area contributed by atoms with Crippen LogP contribution < -0.4 is 0 Å². The van der Waals surface area contributed by atoms with Crippen LogP contribution in [0.5, 0.6) is 0 Å². The second-order valence-electron chi connectivity index (χ2n) is 5.60. The number of nitrogens with zero attached hydrogens (tertiary/aromatic N) is 1. The molecule has 0 aliphatic heterocycles. The van der Waals surface area contributed by atoms with Crippen molar-refractivity contribution in [1.82, 2.24) is 4.90 Å². The molecule has 0 spiro atoms. The molecule has 0 saturated heterocycles. The molecule has 7 heteroatoms. The van der Waals surface area contributed by atoms with Crippen molar-refractivity contribution in [2.45, 2.75) is 23.6 Å². The topological polar surface area (TPSA) is 71.5 Å². The van der Waals surface area contributed by atoms with Crippen molar-refractivity contribution in [2.24, 2.45) is 0 Å². The summed E-state index contributed by atoms with van der Waals surface area (Å²) in [7, 11) is -7.15. The first-order chi connectivity index (χ1) is 11.2. The maximum Gasteiger partial charge on any atom is 0.191 e. The molecular weight excluding hydrogens is 346 g/mol. The molecule has 0 aliphatic rings. The second-order valence-corrected chi connectivity index (χ2v) is 9.52. The summed E-state index contributed by atoms with van der Waals surface area (Å²) in [6, 6.07) is 14.6. The van der Waals surface area contributed by atoms with Crippen molar-refractivity contribution in [1.29, 1.82) is 0 Å². The minimum atomic E-state index is -3.58. The van der Waals surface area contributed by atoms with Crippen LogP contribution in [0.4, 0.5) is 0 Å². The van der Waals surface area contributed by atoms with Gasteiger partial charge in [0.2, 0.25) is 0 Å². The van der Waals surface area contributed by atoms with E-state index in [9.17, 15) is 16.8 Å². The average Bonchev–Trinajstić information content (AvgIpc) is 2.55. The van der Waals surface area contributed by atoms with E-state index in [2.05, 4.69) is 0 Å². The number of rotatable bonds is 7. The molecule has 24 heavy (non-hydrogen) atoms. The summed E-state index contributed by atoms with van der Waals surface area (Å²) in [6.45, 7) is 3.93. The van der Waals surface area contributed by atoms with E-state index >= 15 is 0 Å². The minimum absolute atomic E-state index is 0.191. The van der Waals surface area contributed by atoms with Gasteiger partial charge in [0.05, 0.1) is 9.79 Å². The molecule has 0 fully saturated rings. The fourth-order valence-corrected chi connectivity index (χ4v) is 5.27. The lowest BCUT2D eigenvalue weighted by molar-refractivity contribution is 0.376. The fraction of sp³-hybridized carbons (Fsp3) is 0.294. The van der Waals surface area contributed by atoms with Crippen molar-refractivity contribution >= 4 is 19.7 Å². The van der Waals surface area contributed by atoms with Crippen LogP contribution >= 0.6 is 0 Å². The lowest BCUT2D eigenvalue weighted by Crippen LogP contribution is -2.34. The summed E-state index contributed by atoms with van der Waals surface area (Å²) in [4.78, 5) is 1.80. The molecule has 0 heterocycles. The molecule has 0 N–H and O–H groups in total. The predicted octanol–water partition coefficient (Wildman–Crippen LogP) is 2.48. The van der Waals surface area contributed by atoms with Crippen molar-refractivity contribution in [3.63, 3.8) is 0 Å². The summed E-state index contributed by atoms with van der Waals surface area (Å²) in [5, 5.41) is 0. The zero-order valence-electron chi connectivity index (χ0n) is 13.7. The normalized spacial score (nSPS) is 12.5. The number of sulfone groups is 2. The lowest BCUT2D eigenvalue weighted by Gasteiger charge is -2.20. The Morgan fingerprint density at radius 1 is 0.750 bits per heavy atom. The van der Waals surface area contributed by atoms with Crippen LogP contribution in [0, 0.1) is 6.92 Å². The van der Waals surface area contributed by atoms with Gasteiger partial charge in [-0.3, -0.25) is 4.90 Å². The molecule has 0 amide bonds. The quantitative estimate of drug-likeness (QED) is 0.752. The first kappa shape index (κ1) is 18.6. The van der Waals surface area contributed by atoms with Gasteiger partial charge in [0.15, 0.2) is 19.7 Å². The van der Waals surface area contributed by atoms with E-state index in [-0.39, 0.29) is 21.5 Å². The summed E-state index contributed by atoms with van der Waals surface area (Å²) >= 11 is 0. The van der Waals surface area contributed by atoms with Gasteiger partial charge in [0, 0.05) is 0 Å². The first-order valence-electron chi connectivity index (χ1n) is 7.54. The Balaban J connectivity index is 2.19.